The maximum Gasteiger partial charge on any atom is 0.229 e. The van der Waals surface area contributed by atoms with E-state index < -0.39 is 10.0 Å². The van der Waals surface area contributed by atoms with Crippen LogP contribution in [0.15, 0.2) is 42.5 Å². The van der Waals surface area contributed by atoms with Crippen LogP contribution in [0.4, 0.5) is 11.4 Å². The average molecular weight is 387 g/mol. The van der Waals surface area contributed by atoms with Gasteiger partial charge in [0.05, 0.1) is 27.7 Å². The first-order valence-corrected chi connectivity index (χ1v) is 9.70. The summed E-state index contributed by atoms with van der Waals surface area (Å²) in [5.41, 5.74) is 1.49. The minimum Gasteiger partial charge on any atom is -0.324 e. The molecule has 8 heteroatoms. The standard InChI is InChI=1S/C16H16Cl2N2O3S/c1-24(22,23)20-14-8-3-2-7-13(14)19-15(21)10-9-11-5-4-6-12(17)16(11)18/h2-8,20H,9-10H2,1H3,(H,19,21). The van der Waals surface area contributed by atoms with Crippen molar-refractivity contribution >= 4 is 50.5 Å². The van der Waals surface area contributed by atoms with Gasteiger partial charge in [-0.25, -0.2) is 8.42 Å². The molecule has 5 nitrogen and oxygen atoms in total. The van der Waals surface area contributed by atoms with Crippen molar-refractivity contribution in [1.29, 1.82) is 0 Å². The summed E-state index contributed by atoms with van der Waals surface area (Å²) in [6, 6.07) is 11.8. The van der Waals surface area contributed by atoms with Crippen molar-refractivity contribution in [3.63, 3.8) is 0 Å². The van der Waals surface area contributed by atoms with Crippen molar-refractivity contribution in [2.24, 2.45) is 0 Å². The van der Waals surface area contributed by atoms with E-state index in [2.05, 4.69) is 10.0 Å². The van der Waals surface area contributed by atoms with Gasteiger partial charge in [0.1, 0.15) is 0 Å². The Bertz CT molecular complexity index is 854. The largest absolute Gasteiger partial charge is 0.324 e. The highest BCUT2D eigenvalue weighted by molar-refractivity contribution is 7.92. The predicted molar refractivity (Wildman–Crippen MR) is 98.3 cm³/mol. The van der Waals surface area contributed by atoms with Gasteiger partial charge in [-0.2, -0.15) is 0 Å². The molecule has 0 aromatic heterocycles. The lowest BCUT2D eigenvalue weighted by molar-refractivity contribution is -0.116. The fourth-order valence-corrected chi connectivity index (χ4v) is 3.08. The van der Waals surface area contributed by atoms with Gasteiger partial charge in [-0.05, 0) is 30.2 Å². The Morgan fingerprint density at radius 1 is 1.04 bits per heavy atom. The zero-order chi connectivity index (χ0) is 17.7. The molecular formula is C16H16Cl2N2O3S. The molecule has 0 aliphatic heterocycles. The first kappa shape index (κ1) is 18.6. The minimum atomic E-state index is -3.43. The highest BCUT2D eigenvalue weighted by Crippen LogP contribution is 2.27. The number of anilines is 2. The van der Waals surface area contributed by atoms with E-state index in [1.807, 2.05) is 0 Å². The molecule has 2 aromatic carbocycles. The Kier molecular flexibility index (Phi) is 6.10. The maximum atomic E-state index is 12.1. The first-order chi connectivity index (χ1) is 11.3. The Labute approximate surface area is 151 Å². The number of nitrogens with one attached hydrogen (secondary N) is 2. The normalized spacial score (nSPS) is 11.1. The van der Waals surface area contributed by atoms with E-state index in [1.165, 1.54) is 0 Å². The maximum absolute atomic E-state index is 12.1. The number of benzene rings is 2. The van der Waals surface area contributed by atoms with Gasteiger partial charge in [0.25, 0.3) is 0 Å². The van der Waals surface area contributed by atoms with Crippen LogP contribution in [0.2, 0.25) is 10.0 Å². The molecular weight excluding hydrogens is 371 g/mol. The van der Waals surface area contributed by atoms with Gasteiger partial charge in [-0.15, -0.1) is 0 Å². The van der Waals surface area contributed by atoms with Crippen molar-refractivity contribution in [3.8, 4) is 0 Å². The third-order valence-electron chi connectivity index (χ3n) is 3.15. The fourth-order valence-electron chi connectivity index (χ4n) is 2.08. The van der Waals surface area contributed by atoms with Crippen molar-refractivity contribution in [2.45, 2.75) is 12.8 Å². The number of sulfonamides is 1. The molecule has 0 aliphatic rings. The van der Waals surface area contributed by atoms with Crippen molar-refractivity contribution < 1.29 is 13.2 Å². The van der Waals surface area contributed by atoms with Crippen molar-refractivity contribution in [1.82, 2.24) is 0 Å². The van der Waals surface area contributed by atoms with Gasteiger partial charge in [-0.3, -0.25) is 9.52 Å². The molecule has 0 fully saturated rings. The molecule has 0 aliphatic carbocycles. The number of halogens is 2. The number of carbonyl (C=O) groups excluding carboxylic acids is 1. The molecule has 0 atom stereocenters. The van der Waals surface area contributed by atoms with Crippen LogP contribution in [0.1, 0.15) is 12.0 Å². The Morgan fingerprint density at radius 2 is 1.71 bits per heavy atom. The van der Waals surface area contributed by atoms with E-state index in [1.54, 1.807) is 42.5 Å². The van der Waals surface area contributed by atoms with Gasteiger partial charge < -0.3 is 5.32 Å². The Hall–Kier alpha value is -1.76. The van der Waals surface area contributed by atoms with E-state index in [-0.39, 0.29) is 12.3 Å². The molecule has 0 spiro atoms. The minimum absolute atomic E-state index is 0.188. The van der Waals surface area contributed by atoms with Crippen molar-refractivity contribution in [2.75, 3.05) is 16.3 Å². The quantitative estimate of drug-likeness (QED) is 0.789. The van der Waals surface area contributed by atoms with Crippen LogP contribution in [0, 0.1) is 0 Å². The highest BCUT2D eigenvalue weighted by Gasteiger charge is 2.11. The molecule has 0 saturated heterocycles. The molecule has 2 rings (SSSR count). The summed E-state index contributed by atoms with van der Waals surface area (Å²) in [4.78, 5) is 12.1. The van der Waals surface area contributed by atoms with Gasteiger partial charge in [0.15, 0.2) is 0 Å². The Balaban J connectivity index is 2.04. The number of rotatable bonds is 6. The van der Waals surface area contributed by atoms with Gasteiger partial charge in [-0.1, -0.05) is 47.5 Å². The third-order valence-corrected chi connectivity index (χ3v) is 4.60. The molecule has 128 valence electrons. The topological polar surface area (TPSA) is 75.3 Å². The lowest BCUT2D eigenvalue weighted by atomic mass is 10.1. The number of aryl methyl sites for hydroxylation is 1. The number of hydrogen-bond donors (Lipinski definition) is 2. The van der Waals surface area contributed by atoms with Crippen LogP contribution >= 0.6 is 23.2 Å². The monoisotopic (exact) mass is 386 g/mol. The molecule has 0 radical (unpaired) electrons. The molecule has 0 saturated carbocycles. The second-order valence-electron chi connectivity index (χ2n) is 5.18. The van der Waals surface area contributed by atoms with Crippen molar-refractivity contribution in [3.05, 3.63) is 58.1 Å². The lowest BCUT2D eigenvalue weighted by Crippen LogP contribution is -2.16. The van der Waals surface area contributed by atoms with Crippen LogP contribution in [-0.4, -0.2) is 20.6 Å². The van der Waals surface area contributed by atoms with Crippen LogP contribution in [0.3, 0.4) is 0 Å². The smallest absolute Gasteiger partial charge is 0.229 e. The summed E-state index contributed by atoms with van der Waals surface area (Å²) < 4.78 is 25.1. The molecule has 2 aromatic rings. The lowest BCUT2D eigenvalue weighted by Gasteiger charge is -2.12. The van der Waals surface area contributed by atoms with Gasteiger partial charge in [0.2, 0.25) is 15.9 Å². The number of hydrogen-bond acceptors (Lipinski definition) is 3. The van der Waals surface area contributed by atoms with E-state index in [9.17, 15) is 13.2 Å². The number of amides is 1. The first-order valence-electron chi connectivity index (χ1n) is 7.06. The highest BCUT2D eigenvalue weighted by atomic mass is 35.5. The molecule has 24 heavy (non-hydrogen) atoms. The van der Waals surface area contributed by atoms with Crippen LogP contribution in [-0.2, 0) is 21.2 Å². The second kappa shape index (κ2) is 7.88. The van der Waals surface area contributed by atoms with Crippen LogP contribution in [0.25, 0.3) is 0 Å². The van der Waals surface area contributed by atoms with E-state index in [0.717, 1.165) is 11.8 Å². The summed E-state index contributed by atoms with van der Waals surface area (Å²) in [5, 5.41) is 3.57. The third kappa shape index (κ3) is 5.40. The van der Waals surface area contributed by atoms with Gasteiger partial charge in [0, 0.05) is 6.42 Å². The molecule has 0 bridgehead atoms. The predicted octanol–water partition coefficient (Wildman–Crippen LogP) is 3.94. The zero-order valence-corrected chi connectivity index (χ0v) is 15.2. The second-order valence-corrected chi connectivity index (χ2v) is 7.71. The zero-order valence-electron chi connectivity index (χ0n) is 12.8. The van der Waals surface area contributed by atoms with Crippen LogP contribution in [0.5, 0.6) is 0 Å². The summed E-state index contributed by atoms with van der Waals surface area (Å²) >= 11 is 12.0. The van der Waals surface area contributed by atoms with E-state index in [4.69, 9.17) is 23.2 Å². The van der Waals surface area contributed by atoms with E-state index >= 15 is 0 Å². The summed E-state index contributed by atoms with van der Waals surface area (Å²) in [6.07, 6.45) is 1.66. The Morgan fingerprint density at radius 3 is 2.38 bits per heavy atom. The molecule has 0 heterocycles. The summed E-state index contributed by atoms with van der Waals surface area (Å²) in [7, 11) is -3.43. The average Bonchev–Trinajstić information content (AvgIpc) is 2.49. The SMILES string of the molecule is CS(=O)(=O)Nc1ccccc1NC(=O)CCc1cccc(Cl)c1Cl. The summed E-state index contributed by atoms with van der Waals surface area (Å²) in [5.74, 6) is -0.256. The number of para-hydroxylation sites is 2. The summed E-state index contributed by atoms with van der Waals surface area (Å²) in [6.45, 7) is 0. The molecule has 2 N–H and O–H groups in total. The van der Waals surface area contributed by atoms with E-state index in [0.29, 0.717) is 27.8 Å². The fraction of sp³-hybridized carbons (Fsp3) is 0.188. The van der Waals surface area contributed by atoms with Gasteiger partial charge >= 0.3 is 0 Å². The van der Waals surface area contributed by atoms with Crippen LogP contribution < -0.4 is 10.0 Å². The number of carbonyl (C=O) groups is 1. The molecule has 0 unspecified atom stereocenters. The molecule has 1 amide bonds.